The number of amides is 5. The highest BCUT2D eigenvalue weighted by molar-refractivity contribution is 7.99. The number of methoxy groups -OCH3 is 3. The van der Waals surface area contributed by atoms with Gasteiger partial charge in [0.15, 0.2) is 12.6 Å². The Morgan fingerprint density at radius 3 is 1.91 bits per heavy atom. The smallest absolute Gasteiger partial charge is 0.408 e. The van der Waals surface area contributed by atoms with Crippen LogP contribution in [0.1, 0.15) is 78.2 Å². The number of thioether (sulfide) groups is 1. The second-order valence-electron chi connectivity index (χ2n) is 17.8. The normalized spacial score (nSPS) is 21.9. The van der Waals surface area contributed by atoms with Gasteiger partial charge in [-0.3, -0.25) is 19.2 Å². The van der Waals surface area contributed by atoms with E-state index in [1.807, 2.05) is 60.7 Å². The van der Waals surface area contributed by atoms with Crippen LogP contribution in [0, 0.1) is 11.8 Å². The quantitative estimate of drug-likeness (QED) is 0.0791. The summed E-state index contributed by atoms with van der Waals surface area (Å²) >= 11 is 1.04. The van der Waals surface area contributed by atoms with E-state index in [4.69, 9.17) is 37.9 Å². The number of rotatable bonds is 23. The molecule has 0 aliphatic carbocycles. The van der Waals surface area contributed by atoms with Crippen LogP contribution in [0.3, 0.4) is 0 Å². The Morgan fingerprint density at radius 2 is 1.33 bits per heavy atom. The van der Waals surface area contributed by atoms with Crippen LogP contribution >= 0.6 is 11.8 Å². The molecule has 2 heterocycles. The third-order valence-electron chi connectivity index (χ3n) is 11.1. The molecule has 11 atom stereocenters. The first-order valence-corrected chi connectivity index (χ1v) is 24.0. The first kappa shape index (κ1) is 56.8. The summed E-state index contributed by atoms with van der Waals surface area (Å²) in [5, 5.41) is 13.2. The molecule has 3 unspecified atom stereocenters. The molecule has 2 fully saturated rings. The molecule has 5 amide bonds. The Kier molecular flexibility index (Phi) is 22.3. The lowest BCUT2D eigenvalue weighted by Gasteiger charge is -2.50. The molecule has 0 radical (unpaired) electrons. The van der Waals surface area contributed by atoms with Gasteiger partial charge in [0.25, 0.3) is 0 Å². The Hall–Kier alpha value is -5.81. The fraction of sp³-hybridized carbons (Fsp3) is 0.583. The lowest BCUT2D eigenvalue weighted by molar-refractivity contribution is -0.339. The summed E-state index contributed by atoms with van der Waals surface area (Å²) < 4.78 is 45.1. The minimum Gasteiger partial charge on any atom is -0.467 e. The molecule has 2 aromatic rings. The van der Waals surface area contributed by atoms with Crippen LogP contribution in [0.4, 0.5) is 4.79 Å². The number of ether oxygens (including phenoxy) is 8. The fourth-order valence-electron chi connectivity index (χ4n) is 7.62. The molecule has 2 aromatic carbocycles. The number of carbonyl (C=O) groups excluding carboxylic acids is 8. The van der Waals surface area contributed by atoms with Gasteiger partial charge in [-0.25, -0.2) is 19.2 Å². The molecule has 2 saturated heterocycles. The van der Waals surface area contributed by atoms with E-state index in [2.05, 4.69) is 26.6 Å². The zero-order valence-electron chi connectivity index (χ0n) is 41.0. The number of hydrogen-bond acceptors (Lipinski definition) is 17. The van der Waals surface area contributed by atoms with Crippen molar-refractivity contribution < 1.29 is 76.3 Å². The summed E-state index contributed by atoms with van der Waals surface area (Å²) in [4.78, 5) is 104. The van der Waals surface area contributed by atoms with Gasteiger partial charge >= 0.3 is 24.0 Å². The Balaban J connectivity index is 1.39. The topological polar surface area (TPSA) is 271 Å². The Bertz CT molecular complexity index is 2080. The zero-order valence-corrected chi connectivity index (χ0v) is 41.8. The van der Waals surface area contributed by atoms with Gasteiger partial charge in [-0.1, -0.05) is 67.6 Å². The highest BCUT2D eigenvalue weighted by Crippen LogP contribution is 2.40. The molecular formula is C48H67N5O16S. The van der Waals surface area contributed by atoms with Crippen LogP contribution in [-0.4, -0.2) is 141 Å². The van der Waals surface area contributed by atoms with Crippen LogP contribution in [-0.2, 0) is 78.1 Å². The largest absolute Gasteiger partial charge is 0.467 e. The van der Waals surface area contributed by atoms with Crippen molar-refractivity contribution in [3.8, 4) is 0 Å². The third-order valence-corrected chi connectivity index (χ3v) is 12.2. The van der Waals surface area contributed by atoms with Crippen molar-refractivity contribution in [2.75, 3.05) is 39.4 Å². The molecule has 22 heteroatoms. The standard InChI is InChI=1S/C48H67N5O16S/c1-27(22-32-38(50-29(3)54)46(65-23-30-16-12-10-13-17-30)67-36-24-66-45(68-39(32)36)31-18-14-11-15-19-31)40(56)49-28(2)41(57)52-33(42(58)62-7)20-21-37(55)51-34(43(59)63-8)25-70-26-35(44(60)64-9)53-47(61)69-48(4,5)6/h10-19,27-28,32-36,38-39,45-46H,20-26H2,1-9H3,(H,49,56)(H,50,54)(H,51,55)(H,52,57)(H,53,61)/t27-,28-,32+,33+,34+,35-,36?,38?,39-,45?,46-/m0/s1. The number of hydrogen-bond donors (Lipinski definition) is 5. The molecule has 0 spiro atoms. The fourth-order valence-corrected chi connectivity index (χ4v) is 8.66. The average molecular weight is 1000 g/mol. The second-order valence-corrected chi connectivity index (χ2v) is 18.9. The zero-order chi connectivity index (χ0) is 51.5. The van der Waals surface area contributed by atoms with Crippen LogP contribution in [0.15, 0.2) is 60.7 Å². The van der Waals surface area contributed by atoms with Gasteiger partial charge < -0.3 is 64.5 Å². The monoisotopic (exact) mass is 1000 g/mol. The summed E-state index contributed by atoms with van der Waals surface area (Å²) in [6.45, 7) is 9.75. The minimum atomic E-state index is -1.33. The first-order chi connectivity index (χ1) is 33.2. The van der Waals surface area contributed by atoms with Crippen LogP contribution in [0.5, 0.6) is 0 Å². The summed E-state index contributed by atoms with van der Waals surface area (Å²) in [5.41, 5.74) is 0.816. The van der Waals surface area contributed by atoms with Gasteiger partial charge in [-0.2, -0.15) is 11.8 Å². The van der Waals surface area contributed by atoms with Crippen LogP contribution < -0.4 is 26.6 Å². The van der Waals surface area contributed by atoms with E-state index in [1.165, 1.54) is 13.8 Å². The molecule has 2 aliphatic rings. The number of esters is 3. The van der Waals surface area contributed by atoms with Crippen molar-refractivity contribution in [2.24, 2.45) is 11.8 Å². The summed E-state index contributed by atoms with van der Waals surface area (Å²) in [7, 11) is 3.38. The van der Waals surface area contributed by atoms with Crippen molar-refractivity contribution in [1.82, 2.24) is 26.6 Å². The van der Waals surface area contributed by atoms with Gasteiger partial charge in [0, 0.05) is 42.2 Å². The molecule has 4 rings (SSSR count). The number of alkyl carbamates (subject to hydrolysis) is 1. The SMILES string of the molecule is COC(=O)[C@H](CSC[C@@H](NC(=O)CC[C@@H](NC(=O)[C@H](C)NC(=O)[C@@H](C)C[C@@H]1C(NC(C)=O)[C@@H](OCc2ccccc2)OC2COC(c3ccccc3)O[C@H]21)C(=O)OC)C(=O)OC)NC(=O)OC(C)(C)C. The van der Waals surface area contributed by atoms with Gasteiger partial charge in [0.05, 0.1) is 46.7 Å². The third kappa shape index (κ3) is 17.9. The lowest BCUT2D eigenvalue weighted by Crippen LogP contribution is -2.64. The average Bonchev–Trinajstić information content (AvgIpc) is 3.33. The summed E-state index contributed by atoms with van der Waals surface area (Å²) in [6, 6.07) is 13.1. The van der Waals surface area contributed by atoms with Crippen molar-refractivity contribution >= 4 is 59.4 Å². The van der Waals surface area contributed by atoms with E-state index >= 15 is 0 Å². The first-order valence-electron chi connectivity index (χ1n) is 22.8. The number of carbonyl (C=O) groups is 8. The van der Waals surface area contributed by atoms with Crippen LogP contribution in [0.25, 0.3) is 0 Å². The highest BCUT2D eigenvalue weighted by Gasteiger charge is 2.51. The van der Waals surface area contributed by atoms with E-state index in [9.17, 15) is 38.4 Å². The molecular weight excluding hydrogens is 935 g/mol. The predicted molar refractivity (Wildman–Crippen MR) is 252 cm³/mol. The van der Waals surface area contributed by atoms with E-state index in [1.54, 1.807) is 27.7 Å². The summed E-state index contributed by atoms with van der Waals surface area (Å²) in [5.74, 6) is -6.19. The molecule has 70 heavy (non-hydrogen) atoms. The molecule has 386 valence electrons. The van der Waals surface area contributed by atoms with E-state index < -0.39 is 114 Å². The van der Waals surface area contributed by atoms with Crippen molar-refractivity contribution in [3.05, 3.63) is 71.8 Å². The molecule has 2 aliphatic heterocycles. The second kappa shape index (κ2) is 27.5. The van der Waals surface area contributed by atoms with Crippen LogP contribution in [0.2, 0.25) is 0 Å². The number of fused-ring (bicyclic) bond motifs is 1. The Morgan fingerprint density at radius 1 is 0.743 bits per heavy atom. The summed E-state index contributed by atoms with van der Waals surface area (Å²) in [6.07, 6.45) is -4.31. The van der Waals surface area contributed by atoms with Crippen molar-refractivity contribution in [2.45, 2.75) is 128 Å². The molecule has 0 aromatic heterocycles. The maximum atomic E-state index is 13.9. The van der Waals surface area contributed by atoms with E-state index in [0.717, 1.165) is 44.2 Å². The number of nitrogens with one attached hydrogen (secondary N) is 5. The van der Waals surface area contributed by atoms with Gasteiger partial charge in [0.2, 0.25) is 23.6 Å². The van der Waals surface area contributed by atoms with Crippen molar-refractivity contribution in [3.63, 3.8) is 0 Å². The van der Waals surface area contributed by atoms with E-state index in [-0.39, 0.29) is 49.9 Å². The number of benzene rings is 2. The molecule has 0 saturated carbocycles. The Labute approximate surface area is 412 Å². The maximum absolute atomic E-state index is 13.9. The van der Waals surface area contributed by atoms with E-state index in [0.29, 0.717) is 0 Å². The van der Waals surface area contributed by atoms with Gasteiger partial charge in [-0.15, -0.1) is 0 Å². The molecule has 0 bridgehead atoms. The molecule has 5 N–H and O–H groups in total. The lowest BCUT2D eigenvalue weighted by atomic mass is 9.80. The molecule has 21 nitrogen and oxygen atoms in total. The van der Waals surface area contributed by atoms with Gasteiger partial charge in [-0.05, 0) is 46.1 Å². The van der Waals surface area contributed by atoms with Crippen molar-refractivity contribution in [1.29, 1.82) is 0 Å². The van der Waals surface area contributed by atoms with Gasteiger partial charge in [0.1, 0.15) is 35.9 Å². The minimum absolute atomic E-state index is 0.0586. The maximum Gasteiger partial charge on any atom is 0.408 e. The predicted octanol–water partition coefficient (Wildman–Crippen LogP) is 2.59. The highest BCUT2D eigenvalue weighted by atomic mass is 32.2.